The van der Waals surface area contributed by atoms with Crippen LogP contribution in [0.3, 0.4) is 0 Å². The Hall–Kier alpha value is 0.0700. The first kappa shape index (κ1) is 10.2. The molecule has 0 atom stereocenters. The molecule has 1 heterocycles. The Labute approximate surface area is 85.8 Å². The maximum absolute atomic E-state index is 12.1. The molecular weight excluding hydrogens is 275 g/mol. The summed E-state index contributed by atoms with van der Waals surface area (Å²) in [7, 11) is 0. The summed E-state index contributed by atoms with van der Waals surface area (Å²) in [6.45, 7) is 0. The summed E-state index contributed by atoms with van der Waals surface area (Å²) in [5.41, 5.74) is -0.392. The van der Waals surface area contributed by atoms with Gasteiger partial charge in [0, 0.05) is 4.47 Å². The van der Waals surface area contributed by atoms with E-state index in [0.717, 1.165) is 6.07 Å². The van der Waals surface area contributed by atoms with Crippen molar-refractivity contribution in [3.63, 3.8) is 0 Å². The van der Waals surface area contributed by atoms with Crippen molar-refractivity contribution in [2.75, 3.05) is 0 Å². The molecule has 0 saturated heterocycles. The van der Waals surface area contributed by atoms with Crippen molar-refractivity contribution in [3.8, 4) is 0 Å². The zero-order valence-corrected chi connectivity index (χ0v) is 8.59. The van der Waals surface area contributed by atoms with Crippen LogP contribution in [-0.4, -0.2) is 4.98 Å². The van der Waals surface area contributed by atoms with Gasteiger partial charge in [-0.3, -0.25) is 0 Å². The molecule has 0 bridgehead atoms. The van der Waals surface area contributed by atoms with Crippen molar-refractivity contribution in [2.45, 2.75) is 6.43 Å². The number of hydrogen-bond acceptors (Lipinski definition) is 1. The minimum Gasteiger partial charge on any atom is -0.233 e. The Kier molecular flexibility index (Phi) is 3.26. The predicted molar refractivity (Wildman–Crippen MR) is 46.9 cm³/mol. The average molecular weight is 277 g/mol. The van der Waals surface area contributed by atoms with E-state index in [2.05, 4.69) is 20.9 Å². The molecule has 0 aliphatic rings. The summed E-state index contributed by atoms with van der Waals surface area (Å²) in [6.07, 6.45) is -2.64. The monoisotopic (exact) mass is 275 g/mol. The van der Waals surface area contributed by atoms with Gasteiger partial charge in [-0.1, -0.05) is 23.2 Å². The molecule has 0 spiro atoms. The van der Waals surface area contributed by atoms with Crippen LogP contribution >= 0.6 is 39.1 Å². The average Bonchev–Trinajstić information content (AvgIpc) is 1.99. The summed E-state index contributed by atoms with van der Waals surface area (Å²) >= 11 is 14.0. The first-order chi connectivity index (χ1) is 5.52. The second-order valence-electron chi connectivity index (χ2n) is 1.93. The van der Waals surface area contributed by atoms with E-state index in [4.69, 9.17) is 23.2 Å². The lowest BCUT2D eigenvalue weighted by molar-refractivity contribution is 0.146. The molecule has 0 unspecified atom stereocenters. The largest absolute Gasteiger partial charge is 0.280 e. The molecule has 6 heteroatoms. The van der Waals surface area contributed by atoms with Crippen LogP contribution in [-0.2, 0) is 0 Å². The zero-order chi connectivity index (χ0) is 9.30. The van der Waals surface area contributed by atoms with Gasteiger partial charge < -0.3 is 0 Å². The van der Waals surface area contributed by atoms with Crippen LogP contribution in [0.4, 0.5) is 8.78 Å². The molecule has 66 valence electrons. The lowest BCUT2D eigenvalue weighted by Crippen LogP contribution is -1.91. The summed E-state index contributed by atoms with van der Waals surface area (Å²) in [6, 6.07) is 1.14. The predicted octanol–water partition coefficient (Wildman–Crippen LogP) is 4.09. The second kappa shape index (κ2) is 3.85. The van der Waals surface area contributed by atoms with Crippen LogP contribution in [0.25, 0.3) is 0 Å². The molecule has 0 aliphatic heterocycles. The first-order valence-corrected chi connectivity index (χ1v) is 4.37. The van der Waals surface area contributed by atoms with Crippen molar-refractivity contribution >= 4 is 39.1 Å². The molecule has 0 N–H and O–H groups in total. The molecule has 12 heavy (non-hydrogen) atoms. The summed E-state index contributed by atoms with van der Waals surface area (Å²) in [4.78, 5) is 3.39. The van der Waals surface area contributed by atoms with E-state index in [-0.39, 0.29) is 10.2 Å². The molecule has 0 amide bonds. The van der Waals surface area contributed by atoms with Gasteiger partial charge in [0.05, 0.1) is 5.02 Å². The fourth-order valence-electron chi connectivity index (χ4n) is 0.598. The maximum Gasteiger partial charge on any atom is 0.280 e. The Bertz CT molecular complexity index is 283. The molecule has 1 aromatic heterocycles. The van der Waals surface area contributed by atoms with E-state index in [0.29, 0.717) is 4.47 Å². The first-order valence-electron chi connectivity index (χ1n) is 2.82. The van der Waals surface area contributed by atoms with Crippen LogP contribution in [0.2, 0.25) is 10.2 Å². The Morgan fingerprint density at radius 3 is 2.42 bits per heavy atom. The van der Waals surface area contributed by atoms with Gasteiger partial charge in [0.1, 0.15) is 10.8 Å². The third-order valence-corrected chi connectivity index (χ3v) is 2.72. The van der Waals surface area contributed by atoms with Crippen molar-refractivity contribution in [3.05, 3.63) is 26.4 Å². The van der Waals surface area contributed by atoms with Crippen molar-refractivity contribution < 1.29 is 8.78 Å². The van der Waals surface area contributed by atoms with Gasteiger partial charge in [-0.05, 0) is 22.0 Å². The van der Waals surface area contributed by atoms with Gasteiger partial charge >= 0.3 is 0 Å². The van der Waals surface area contributed by atoms with Crippen LogP contribution < -0.4 is 0 Å². The highest BCUT2D eigenvalue weighted by Gasteiger charge is 2.13. The third kappa shape index (κ3) is 2.06. The Balaban J connectivity index is 3.21. The standard InChI is InChI=1S/C6H2BrCl2F2N/c7-2-1-3(6(10)11)12-5(9)4(2)8/h1,6H. The minimum absolute atomic E-state index is 0.124. The molecule has 1 rings (SSSR count). The van der Waals surface area contributed by atoms with Gasteiger partial charge in [-0.25, -0.2) is 13.8 Å². The van der Waals surface area contributed by atoms with E-state index >= 15 is 0 Å². The van der Waals surface area contributed by atoms with Crippen LogP contribution in [0.15, 0.2) is 10.5 Å². The SMILES string of the molecule is FC(F)c1cc(Br)c(Cl)c(Cl)n1. The second-order valence-corrected chi connectivity index (χ2v) is 3.52. The minimum atomic E-state index is -2.64. The number of aromatic nitrogens is 1. The fourth-order valence-corrected chi connectivity index (χ4v) is 1.43. The van der Waals surface area contributed by atoms with E-state index in [1.165, 1.54) is 0 Å². The molecule has 0 aliphatic carbocycles. The molecule has 1 aromatic rings. The number of halogens is 5. The molecule has 0 fully saturated rings. The number of alkyl halides is 2. The highest BCUT2D eigenvalue weighted by Crippen LogP contribution is 2.31. The fraction of sp³-hybridized carbons (Fsp3) is 0.167. The normalized spacial score (nSPS) is 10.8. The molecular formula is C6H2BrCl2F2N. The number of rotatable bonds is 1. The number of nitrogens with zero attached hydrogens (tertiary/aromatic N) is 1. The van der Waals surface area contributed by atoms with Crippen LogP contribution in [0.1, 0.15) is 12.1 Å². The van der Waals surface area contributed by atoms with Gasteiger partial charge in [-0.15, -0.1) is 0 Å². The summed E-state index contributed by atoms with van der Waals surface area (Å²) in [5, 5.41) is 0.0161. The Morgan fingerprint density at radius 1 is 1.42 bits per heavy atom. The van der Waals surface area contributed by atoms with E-state index in [1.54, 1.807) is 0 Å². The van der Waals surface area contributed by atoms with Gasteiger partial charge in [-0.2, -0.15) is 0 Å². The summed E-state index contributed by atoms with van der Waals surface area (Å²) in [5.74, 6) is 0. The highest BCUT2D eigenvalue weighted by atomic mass is 79.9. The van der Waals surface area contributed by atoms with E-state index in [1.807, 2.05) is 0 Å². The van der Waals surface area contributed by atoms with Crippen molar-refractivity contribution in [1.29, 1.82) is 0 Å². The van der Waals surface area contributed by atoms with Crippen LogP contribution in [0.5, 0.6) is 0 Å². The van der Waals surface area contributed by atoms with Crippen molar-refractivity contribution in [2.24, 2.45) is 0 Å². The van der Waals surface area contributed by atoms with E-state index < -0.39 is 12.1 Å². The quantitative estimate of drug-likeness (QED) is 0.704. The Morgan fingerprint density at radius 2 is 2.00 bits per heavy atom. The third-order valence-electron chi connectivity index (χ3n) is 1.12. The van der Waals surface area contributed by atoms with Gasteiger partial charge in [0.15, 0.2) is 0 Å². The maximum atomic E-state index is 12.1. The summed E-state index contributed by atoms with van der Waals surface area (Å²) < 4.78 is 24.5. The lowest BCUT2D eigenvalue weighted by atomic mass is 10.4. The van der Waals surface area contributed by atoms with Crippen molar-refractivity contribution in [1.82, 2.24) is 4.98 Å². The van der Waals surface area contributed by atoms with Gasteiger partial charge in [0.2, 0.25) is 0 Å². The molecule has 0 saturated carbocycles. The number of pyridine rings is 1. The number of hydrogen-bond donors (Lipinski definition) is 0. The zero-order valence-electron chi connectivity index (χ0n) is 5.49. The highest BCUT2D eigenvalue weighted by molar-refractivity contribution is 9.10. The van der Waals surface area contributed by atoms with Crippen LogP contribution in [0, 0.1) is 0 Å². The van der Waals surface area contributed by atoms with Gasteiger partial charge in [0.25, 0.3) is 6.43 Å². The van der Waals surface area contributed by atoms with E-state index in [9.17, 15) is 8.78 Å². The smallest absolute Gasteiger partial charge is 0.233 e. The lowest BCUT2D eigenvalue weighted by Gasteiger charge is -2.02. The molecule has 0 radical (unpaired) electrons. The topological polar surface area (TPSA) is 12.9 Å². The molecule has 0 aromatic carbocycles. The molecule has 1 nitrogen and oxygen atoms in total.